The average molecular weight is 352 g/mol. The number of alkyl halides is 3. The van der Waals surface area contributed by atoms with Crippen molar-refractivity contribution >= 4 is 12.1 Å². The zero-order valence-corrected chi connectivity index (χ0v) is 13.8. The molecule has 0 aromatic rings. The number of esters is 1. The predicted octanol–water partition coefficient (Wildman–Crippen LogP) is 2.03. The van der Waals surface area contributed by atoms with Gasteiger partial charge < -0.3 is 14.4 Å². The maximum absolute atomic E-state index is 13.1. The molecule has 2 saturated heterocycles. The fourth-order valence-electron chi connectivity index (χ4n) is 3.65. The zero-order valence-electron chi connectivity index (χ0n) is 13.8. The van der Waals surface area contributed by atoms with Crippen molar-refractivity contribution in [2.24, 2.45) is 5.92 Å². The van der Waals surface area contributed by atoms with Crippen LogP contribution in [-0.2, 0) is 14.3 Å². The van der Waals surface area contributed by atoms with Gasteiger partial charge >= 0.3 is 18.2 Å². The van der Waals surface area contributed by atoms with Gasteiger partial charge in [0, 0.05) is 19.1 Å². The van der Waals surface area contributed by atoms with Crippen molar-refractivity contribution < 1.29 is 32.2 Å². The van der Waals surface area contributed by atoms with E-state index in [9.17, 15) is 22.8 Å². The second kappa shape index (κ2) is 7.58. The highest BCUT2D eigenvalue weighted by Gasteiger charge is 2.47. The fourth-order valence-corrected chi connectivity index (χ4v) is 3.65. The largest absolute Gasteiger partial charge is 0.469 e. The summed E-state index contributed by atoms with van der Waals surface area (Å²) in [6, 6.07) is -1.99. The Morgan fingerprint density at radius 3 is 2.42 bits per heavy atom. The van der Waals surface area contributed by atoms with Gasteiger partial charge in [-0.3, -0.25) is 9.69 Å². The van der Waals surface area contributed by atoms with E-state index in [1.54, 1.807) is 0 Å². The topological polar surface area (TPSA) is 59.1 Å². The van der Waals surface area contributed by atoms with Crippen LogP contribution in [0.25, 0.3) is 0 Å². The second-order valence-electron chi connectivity index (χ2n) is 6.26. The first-order valence-corrected chi connectivity index (χ1v) is 8.01. The van der Waals surface area contributed by atoms with Crippen LogP contribution < -0.4 is 0 Å². The van der Waals surface area contributed by atoms with Gasteiger partial charge in [-0.05, 0) is 32.2 Å². The van der Waals surface area contributed by atoms with Crippen LogP contribution >= 0.6 is 0 Å². The van der Waals surface area contributed by atoms with Gasteiger partial charge in [0.15, 0.2) is 0 Å². The molecule has 2 aliphatic rings. The lowest BCUT2D eigenvalue weighted by molar-refractivity contribution is -0.178. The number of likely N-dealkylation sites (tertiary alicyclic amines) is 2. The maximum Gasteiger partial charge on any atom is 0.409 e. The molecule has 0 aliphatic carbocycles. The number of rotatable bonds is 3. The van der Waals surface area contributed by atoms with Crippen molar-refractivity contribution in [3.63, 3.8) is 0 Å². The van der Waals surface area contributed by atoms with Crippen molar-refractivity contribution in [1.82, 2.24) is 9.80 Å². The van der Waals surface area contributed by atoms with Crippen LogP contribution in [0, 0.1) is 5.92 Å². The average Bonchev–Trinajstić information content (AvgIpc) is 3.01. The Hall–Kier alpha value is -1.51. The first kappa shape index (κ1) is 18.8. The number of ether oxygens (including phenoxy) is 2. The number of halogens is 3. The summed E-state index contributed by atoms with van der Waals surface area (Å²) in [6.45, 7) is 0.674. The minimum Gasteiger partial charge on any atom is -0.469 e. The molecule has 6 nitrogen and oxygen atoms in total. The van der Waals surface area contributed by atoms with E-state index in [0.717, 1.165) is 0 Å². The van der Waals surface area contributed by atoms with Crippen LogP contribution in [0.3, 0.4) is 0 Å². The van der Waals surface area contributed by atoms with E-state index >= 15 is 0 Å². The molecule has 0 saturated carbocycles. The van der Waals surface area contributed by atoms with Gasteiger partial charge in [0.2, 0.25) is 0 Å². The summed E-state index contributed by atoms with van der Waals surface area (Å²) in [7, 11) is 2.52. The number of hydrogen-bond donors (Lipinski definition) is 0. The Kier molecular flexibility index (Phi) is 5.95. The molecule has 3 atom stereocenters. The summed E-state index contributed by atoms with van der Waals surface area (Å²) in [6.07, 6.45) is -3.64. The highest BCUT2D eigenvalue weighted by Crippen LogP contribution is 2.34. The van der Waals surface area contributed by atoms with E-state index in [2.05, 4.69) is 0 Å². The smallest absolute Gasteiger partial charge is 0.409 e. The molecule has 2 rings (SSSR count). The van der Waals surface area contributed by atoms with Gasteiger partial charge in [0.25, 0.3) is 0 Å². The van der Waals surface area contributed by atoms with E-state index in [0.29, 0.717) is 19.4 Å². The number of hydrogen-bond acceptors (Lipinski definition) is 5. The summed E-state index contributed by atoms with van der Waals surface area (Å²) in [5.41, 5.74) is 0. The molecule has 0 radical (unpaired) electrons. The minimum atomic E-state index is -4.29. The zero-order chi connectivity index (χ0) is 17.9. The Morgan fingerprint density at radius 2 is 1.83 bits per heavy atom. The molecule has 0 spiro atoms. The number of nitrogens with zero attached hydrogens (tertiary/aromatic N) is 2. The fraction of sp³-hybridized carbons (Fsp3) is 0.867. The molecular weight excluding hydrogens is 329 g/mol. The van der Waals surface area contributed by atoms with Crippen LogP contribution in [-0.4, -0.2) is 74.0 Å². The number of methoxy groups -OCH3 is 2. The van der Waals surface area contributed by atoms with Crippen molar-refractivity contribution in [1.29, 1.82) is 0 Å². The van der Waals surface area contributed by atoms with Gasteiger partial charge in [0.1, 0.15) is 6.04 Å². The van der Waals surface area contributed by atoms with Gasteiger partial charge in [-0.25, -0.2) is 4.79 Å². The molecule has 2 aliphatic heterocycles. The van der Waals surface area contributed by atoms with Crippen LogP contribution in [0.5, 0.6) is 0 Å². The van der Waals surface area contributed by atoms with Crippen molar-refractivity contribution in [3.8, 4) is 0 Å². The molecule has 0 N–H and O–H groups in total. The second-order valence-corrected chi connectivity index (χ2v) is 6.26. The molecule has 2 heterocycles. The molecule has 1 amide bonds. The highest BCUT2D eigenvalue weighted by atomic mass is 19.4. The third kappa shape index (κ3) is 4.12. The van der Waals surface area contributed by atoms with E-state index in [-0.39, 0.29) is 25.9 Å². The predicted molar refractivity (Wildman–Crippen MR) is 78.3 cm³/mol. The molecular formula is C15H23F3N2O4. The third-order valence-corrected chi connectivity index (χ3v) is 4.85. The van der Waals surface area contributed by atoms with Gasteiger partial charge in [-0.1, -0.05) is 0 Å². The Balaban J connectivity index is 2.11. The molecule has 0 aromatic carbocycles. The van der Waals surface area contributed by atoms with Crippen LogP contribution in [0.2, 0.25) is 0 Å². The Labute approximate surface area is 138 Å². The molecule has 2 fully saturated rings. The lowest BCUT2D eigenvalue weighted by atomic mass is 9.90. The summed E-state index contributed by atoms with van der Waals surface area (Å²) in [5, 5.41) is 0. The standard InChI is InChI=1S/C15H23F3N2O4/c1-23-13(21)10-5-7-20(14(22)24-2)11(8-10)9-19-6-3-4-12(19)15(16,17)18/h10-12H,3-9H2,1-2H3/t10-,11-,12-/m0/s1. The lowest BCUT2D eigenvalue weighted by Crippen LogP contribution is -2.54. The van der Waals surface area contributed by atoms with E-state index in [1.165, 1.54) is 24.0 Å². The van der Waals surface area contributed by atoms with E-state index in [1.807, 2.05) is 0 Å². The van der Waals surface area contributed by atoms with Gasteiger partial charge in [-0.2, -0.15) is 13.2 Å². The molecule has 9 heteroatoms. The first-order chi connectivity index (χ1) is 11.3. The van der Waals surface area contributed by atoms with Gasteiger partial charge in [-0.15, -0.1) is 0 Å². The lowest BCUT2D eigenvalue weighted by Gasteiger charge is -2.40. The van der Waals surface area contributed by atoms with Crippen molar-refractivity contribution in [3.05, 3.63) is 0 Å². The van der Waals surface area contributed by atoms with Crippen LogP contribution in [0.4, 0.5) is 18.0 Å². The highest BCUT2D eigenvalue weighted by molar-refractivity contribution is 5.73. The van der Waals surface area contributed by atoms with Crippen molar-refractivity contribution in [2.45, 2.75) is 43.9 Å². The summed E-state index contributed by atoms with van der Waals surface area (Å²) in [4.78, 5) is 26.5. The van der Waals surface area contributed by atoms with Gasteiger partial charge in [0.05, 0.1) is 20.1 Å². The Morgan fingerprint density at radius 1 is 1.12 bits per heavy atom. The molecule has 0 bridgehead atoms. The number of carbonyl (C=O) groups excluding carboxylic acids is 2. The third-order valence-electron chi connectivity index (χ3n) is 4.85. The monoisotopic (exact) mass is 352 g/mol. The van der Waals surface area contributed by atoms with Crippen LogP contribution in [0.1, 0.15) is 25.7 Å². The quantitative estimate of drug-likeness (QED) is 0.728. The Bertz CT molecular complexity index is 472. The minimum absolute atomic E-state index is 0.0644. The first-order valence-electron chi connectivity index (χ1n) is 8.01. The van der Waals surface area contributed by atoms with E-state index < -0.39 is 36.2 Å². The van der Waals surface area contributed by atoms with E-state index in [4.69, 9.17) is 9.47 Å². The SMILES string of the molecule is COC(=O)[C@H]1CCN(C(=O)OC)[C@H](CN2CCC[C@H]2C(F)(F)F)C1. The van der Waals surface area contributed by atoms with Crippen molar-refractivity contribution in [2.75, 3.05) is 33.9 Å². The molecule has 138 valence electrons. The normalized spacial score (nSPS) is 28.7. The summed E-state index contributed by atoms with van der Waals surface area (Å²) < 4.78 is 48.8. The number of carbonyl (C=O) groups is 2. The summed E-state index contributed by atoms with van der Waals surface area (Å²) >= 11 is 0. The number of amides is 1. The number of piperidine rings is 1. The summed E-state index contributed by atoms with van der Waals surface area (Å²) in [5.74, 6) is -0.800. The maximum atomic E-state index is 13.1. The van der Waals surface area contributed by atoms with Crippen LogP contribution in [0.15, 0.2) is 0 Å². The molecule has 0 unspecified atom stereocenters. The molecule has 24 heavy (non-hydrogen) atoms. The molecule has 0 aromatic heterocycles.